The lowest BCUT2D eigenvalue weighted by atomic mass is 9.85. The van der Waals surface area contributed by atoms with Gasteiger partial charge >= 0.3 is 0 Å². The van der Waals surface area contributed by atoms with Crippen LogP contribution in [-0.4, -0.2) is 42.2 Å². The molecule has 0 aromatic heterocycles. The molecule has 4 nitrogen and oxygen atoms in total. The van der Waals surface area contributed by atoms with E-state index in [1.165, 1.54) is 12.0 Å². The fourth-order valence-electron chi connectivity index (χ4n) is 2.74. The SMILES string of the molecule is CN(C)C(=NCc1ccccc1)NCC1(O)CCCCC1.I. The summed E-state index contributed by atoms with van der Waals surface area (Å²) >= 11 is 0. The Morgan fingerprint density at radius 1 is 1.18 bits per heavy atom. The number of nitrogens with one attached hydrogen (secondary N) is 1. The Morgan fingerprint density at radius 3 is 2.41 bits per heavy atom. The van der Waals surface area contributed by atoms with Gasteiger partial charge in [-0.1, -0.05) is 49.6 Å². The van der Waals surface area contributed by atoms with Gasteiger partial charge in [0, 0.05) is 20.6 Å². The van der Waals surface area contributed by atoms with Crippen molar-refractivity contribution in [3.63, 3.8) is 0 Å². The molecule has 0 amide bonds. The van der Waals surface area contributed by atoms with Crippen LogP contribution in [0.25, 0.3) is 0 Å². The molecule has 1 aliphatic carbocycles. The third kappa shape index (κ3) is 6.12. The van der Waals surface area contributed by atoms with Crippen LogP contribution in [0, 0.1) is 0 Å². The molecule has 0 spiro atoms. The number of nitrogens with zero attached hydrogens (tertiary/aromatic N) is 2. The van der Waals surface area contributed by atoms with E-state index in [1.807, 2.05) is 37.2 Å². The Hall–Kier alpha value is -0.820. The van der Waals surface area contributed by atoms with E-state index in [1.54, 1.807) is 0 Å². The van der Waals surface area contributed by atoms with Crippen molar-refractivity contribution in [1.29, 1.82) is 0 Å². The Labute approximate surface area is 151 Å². The summed E-state index contributed by atoms with van der Waals surface area (Å²) in [5.41, 5.74) is 0.622. The van der Waals surface area contributed by atoms with E-state index in [2.05, 4.69) is 22.4 Å². The molecule has 0 aliphatic heterocycles. The highest BCUT2D eigenvalue weighted by atomic mass is 127. The summed E-state index contributed by atoms with van der Waals surface area (Å²) < 4.78 is 0. The van der Waals surface area contributed by atoms with Gasteiger partial charge in [-0.2, -0.15) is 0 Å². The normalized spacial score (nSPS) is 17.5. The highest BCUT2D eigenvalue weighted by Crippen LogP contribution is 2.27. The van der Waals surface area contributed by atoms with Crippen LogP contribution in [0.15, 0.2) is 35.3 Å². The minimum Gasteiger partial charge on any atom is -0.388 e. The summed E-state index contributed by atoms with van der Waals surface area (Å²) in [5, 5.41) is 13.9. The van der Waals surface area contributed by atoms with Gasteiger partial charge in [-0.3, -0.25) is 0 Å². The molecule has 0 saturated heterocycles. The van der Waals surface area contributed by atoms with Gasteiger partial charge in [0.1, 0.15) is 0 Å². The van der Waals surface area contributed by atoms with E-state index in [0.717, 1.165) is 31.6 Å². The second-order valence-electron chi connectivity index (χ2n) is 6.16. The molecule has 0 heterocycles. The largest absolute Gasteiger partial charge is 0.388 e. The maximum absolute atomic E-state index is 10.6. The summed E-state index contributed by atoms with van der Waals surface area (Å²) in [6.45, 7) is 1.23. The lowest BCUT2D eigenvalue weighted by Gasteiger charge is -2.33. The molecule has 1 saturated carbocycles. The van der Waals surface area contributed by atoms with Gasteiger partial charge in [0.15, 0.2) is 5.96 Å². The van der Waals surface area contributed by atoms with Gasteiger partial charge in [0.05, 0.1) is 12.1 Å². The van der Waals surface area contributed by atoms with Crippen molar-refractivity contribution >= 4 is 29.9 Å². The van der Waals surface area contributed by atoms with Crippen molar-refractivity contribution in [2.45, 2.75) is 44.2 Å². The molecule has 1 aromatic rings. The van der Waals surface area contributed by atoms with Crippen molar-refractivity contribution < 1.29 is 5.11 Å². The second-order valence-corrected chi connectivity index (χ2v) is 6.16. The zero-order valence-electron chi connectivity index (χ0n) is 13.6. The highest BCUT2D eigenvalue weighted by Gasteiger charge is 2.29. The van der Waals surface area contributed by atoms with Gasteiger partial charge in [0.2, 0.25) is 0 Å². The molecule has 1 aromatic carbocycles. The summed E-state index contributed by atoms with van der Waals surface area (Å²) in [5.74, 6) is 0.831. The molecule has 0 unspecified atom stereocenters. The number of aliphatic hydroxyl groups is 1. The number of rotatable bonds is 4. The maximum atomic E-state index is 10.6. The predicted octanol–water partition coefficient (Wildman–Crippen LogP) is 3.01. The quantitative estimate of drug-likeness (QED) is 0.450. The second kappa shape index (κ2) is 9.35. The number of benzene rings is 1. The van der Waals surface area contributed by atoms with Gasteiger partial charge in [-0.15, -0.1) is 24.0 Å². The highest BCUT2D eigenvalue weighted by molar-refractivity contribution is 14.0. The van der Waals surface area contributed by atoms with Crippen LogP contribution in [0.1, 0.15) is 37.7 Å². The van der Waals surface area contributed by atoms with Crippen LogP contribution in [0.2, 0.25) is 0 Å². The summed E-state index contributed by atoms with van der Waals surface area (Å²) in [7, 11) is 3.95. The Balaban J connectivity index is 0.00000242. The van der Waals surface area contributed by atoms with E-state index in [-0.39, 0.29) is 24.0 Å². The predicted molar refractivity (Wildman–Crippen MR) is 103 cm³/mol. The van der Waals surface area contributed by atoms with Crippen molar-refractivity contribution in [3.05, 3.63) is 35.9 Å². The summed E-state index contributed by atoms with van der Waals surface area (Å²) in [6, 6.07) is 10.2. The van der Waals surface area contributed by atoms with Crippen LogP contribution in [0.4, 0.5) is 0 Å². The first-order valence-electron chi connectivity index (χ1n) is 7.81. The minimum absolute atomic E-state index is 0. The monoisotopic (exact) mass is 417 g/mol. The molecule has 2 N–H and O–H groups in total. The van der Waals surface area contributed by atoms with Gasteiger partial charge in [-0.05, 0) is 18.4 Å². The number of halogens is 1. The van der Waals surface area contributed by atoms with Crippen LogP contribution in [-0.2, 0) is 6.54 Å². The topological polar surface area (TPSA) is 47.9 Å². The molecule has 22 heavy (non-hydrogen) atoms. The number of hydrogen-bond donors (Lipinski definition) is 2. The van der Waals surface area contributed by atoms with Crippen molar-refractivity contribution in [2.24, 2.45) is 4.99 Å². The molecular formula is C17H28IN3O. The van der Waals surface area contributed by atoms with E-state index < -0.39 is 5.60 Å². The number of hydrogen-bond acceptors (Lipinski definition) is 2. The van der Waals surface area contributed by atoms with Crippen LogP contribution >= 0.6 is 24.0 Å². The van der Waals surface area contributed by atoms with Gasteiger partial charge < -0.3 is 15.3 Å². The fraction of sp³-hybridized carbons (Fsp3) is 0.588. The lowest BCUT2D eigenvalue weighted by Crippen LogP contribution is -2.47. The van der Waals surface area contributed by atoms with E-state index >= 15 is 0 Å². The molecule has 1 fully saturated rings. The number of guanidine groups is 1. The van der Waals surface area contributed by atoms with Crippen molar-refractivity contribution in [3.8, 4) is 0 Å². The number of aliphatic imine (C=N–C) groups is 1. The Kier molecular flexibility index (Phi) is 8.17. The molecule has 5 heteroatoms. The zero-order chi connectivity index (χ0) is 15.1. The molecule has 0 atom stereocenters. The summed E-state index contributed by atoms with van der Waals surface area (Å²) in [4.78, 5) is 6.60. The molecule has 124 valence electrons. The minimum atomic E-state index is -0.568. The molecule has 1 aliphatic rings. The zero-order valence-corrected chi connectivity index (χ0v) is 15.9. The Bertz CT molecular complexity index is 456. The van der Waals surface area contributed by atoms with Crippen LogP contribution < -0.4 is 5.32 Å². The maximum Gasteiger partial charge on any atom is 0.193 e. The fourth-order valence-corrected chi connectivity index (χ4v) is 2.74. The average Bonchev–Trinajstić information content (AvgIpc) is 2.48. The van der Waals surface area contributed by atoms with E-state index in [9.17, 15) is 5.11 Å². The van der Waals surface area contributed by atoms with Crippen molar-refractivity contribution in [2.75, 3.05) is 20.6 Å². The Morgan fingerprint density at radius 2 is 1.82 bits per heavy atom. The smallest absolute Gasteiger partial charge is 0.193 e. The standard InChI is InChI=1S/C17H27N3O.HI/c1-20(2)16(18-13-15-9-5-3-6-10-15)19-14-17(21)11-7-4-8-12-17;/h3,5-6,9-10,21H,4,7-8,11-14H2,1-2H3,(H,18,19);1H. The molecule has 2 rings (SSSR count). The average molecular weight is 417 g/mol. The van der Waals surface area contributed by atoms with E-state index in [0.29, 0.717) is 13.1 Å². The van der Waals surface area contributed by atoms with Crippen LogP contribution in [0.3, 0.4) is 0 Å². The first-order chi connectivity index (χ1) is 10.1. The third-order valence-electron chi connectivity index (χ3n) is 4.04. The first kappa shape index (κ1) is 19.2. The van der Waals surface area contributed by atoms with Crippen LogP contribution in [0.5, 0.6) is 0 Å². The van der Waals surface area contributed by atoms with Crippen molar-refractivity contribution in [1.82, 2.24) is 10.2 Å². The van der Waals surface area contributed by atoms with Gasteiger partial charge in [-0.25, -0.2) is 4.99 Å². The van der Waals surface area contributed by atoms with E-state index in [4.69, 9.17) is 0 Å². The molecule has 0 bridgehead atoms. The van der Waals surface area contributed by atoms with Gasteiger partial charge in [0.25, 0.3) is 0 Å². The lowest BCUT2D eigenvalue weighted by molar-refractivity contribution is 0.00828. The third-order valence-corrected chi connectivity index (χ3v) is 4.04. The first-order valence-corrected chi connectivity index (χ1v) is 7.81. The molecular weight excluding hydrogens is 389 g/mol. The molecule has 0 radical (unpaired) electrons. The summed E-state index contributed by atoms with van der Waals surface area (Å²) in [6.07, 6.45) is 5.26.